The molecular formula is C14H9N3O. The smallest absolute Gasteiger partial charge is 0.181 e. The van der Waals surface area contributed by atoms with E-state index in [0.29, 0.717) is 5.65 Å². The number of furan rings is 1. The number of aromatic nitrogens is 3. The number of fused-ring (bicyclic) bond motifs is 2. The van der Waals surface area contributed by atoms with Crippen molar-refractivity contribution >= 4 is 22.0 Å². The van der Waals surface area contributed by atoms with Gasteiger partial charge in [-0.1, -0.05) is 18.2 Å². The van der Waals surface area contributed by atoms with Crippen molar-refractivity contribution in [3.05, 3.63) is 48.7 Å². The summed E-state index contributed by atoms with van der Waals surface area (Å²) in [5, 5.41) is 9.21. The number of nitrogens with one attached hydrogen (secondary N) is 1. The van der Waals surface area contributed by atoms with E-state index in [1.54, 1.807) is 6.20 Å². The monoisotopic (exact) mass is 235 g/mol. The van der Waals surface area contributed by atoms with Crippen LogP contribution in [0.1, 0.15) is 0 Å². The summed E-state index contributed by atoms with van der Waals surface area (Å²) in [6, 6.07) is 13.8. The molecule has 0 aliphatic carbocycles. The van der Waals surface area contributed by atoms with Gasteiger partial charge in [0.15, 0.2) is 11.4 Å². The summed E-state index contributed by atoms with van der Waals surface area (Å²) in [6.07, 6.45) is 1.73. The van der Waals surface area contributed by atoms with Crippen LogP contribution in [0.2, 0.25) is 0 Å². The normalized spacial score (nSPS) is 11.3. The molecule has 0 aliphatic heterocycles. The summed E-state index contributed by atoms with van der Waals surface area (Å²) in [6.45, 7) is 0. The Labute approximate surface area is 102 Å². The Morgan fingerprint density at radius 1 is 1.06 bits per heavy atom. The minimum absolute atomic E-state index is 0.702. The maximum absolute atomic E-state index is 5.82. The van der Waals surface area contributed by atoms with E-state index in [-0.39, 0.29) is 0 Å². The number of nitrogens with zero attached hydrogens (tertiary/aromatic N) is 2. The number of pyridine rings is 1. The van der Waals surface area contributed by atoms with Crippen LogP contribution in [0.4, 0.5) is 0 Å². The molecule has 3 aromatic heterocycles. The molecule has 0 saturated carbocycles. The second-order valence-electron chi connectivity index (χ2n) is 4.12. The Balaban J connectivity index is 2.01. The first-order chi connectivity index (χ1) is 8.92. The zero-order chi connectivity index (χ0) is 11.9. The van der Waals surface area contributed by atoms with Crippen LogP contribution in [0.5, 0.6) is 0 Å². The van der Waals surface area contributed by atoms with Crippen molar-refractivity contribution in [2.75, 3.05) is 0 Å². The Kier molecular flexibility index (Phi) is 1.80. The summed E-state index contributed by atoms with van der Waals surface area (Å²) in [5.41, 5.74) is 2.45. The Morgan fingerprint density at radius 3 is 2.94 bits per heavy atom. The molecule has 1 N–H and O–H groups in total. The fourth-order valence-corrected chi connectivity index (χ4v) is 2.14. The van der Waals surface area contributed by atoms with E-state index in [1.807, 2.05) is 42.5 Å². The number of aromatic amines is 1. The first-order valence-corrected chi connectivity index (χ1v) is 5.70. The maximum atomic E-state index is 5.82. The molecule has 4 heteroatoms. The zero-order valence-corrected chi connectivity index (χ0v) is 9.42. The lowest BCUT2D eigenvalue weighted by molar-refractivity contribution is 0.629. The number of hydrogen-bond donors (Lipinski definition) is 1. The molecule has 0 bridgehead atoms. The second kappa shape index (κ2) is 3.43. The molecule has 0 atom stereocenters. The quantitative estimate of drug-likeness (QED) is 0.550. The van der Waals surface area contributed by atoms with Crippen LogP contribution in [0.3, 0.4) is 0 Å². The number of hydrogen-bond acceptors (Lipinski definition) is 3. The highest BCUT2D eigenvalue weighted by Crippen LogP contribution is 2.30. The van der Waals surface area contributed by atoms with Crippen LogP contribution in [-0.4, -0.2) is 15.2 Å². The van der Waals surface area contributed by atoms with Gasteiger partial charge in [-0.05, 0) is 24.3 Å². The average Bonchev–Trinajstić information content (AvgIpc) is 3.02. The van der Waals surface area contributed by atoms with Crippen LogP contribution in [0.15, 0.2) is 53.1 Å². The van der Waals surface area contributed by atoms with Gasteiger partial charge in [0.25, 0.3) is 0 Å². The zero-order valence-electron chi connectivity index (χ0n) is 9.42. The fourth-order valence-electron chi connectivity index (χ4n) is 2.14. The van der Waals surface area contributed by atoms with Crippen LogP contribution in [0.25, 0.3) is 33.5 Å². The molecule has 86 valence electrons. The van der Waals surface area contributed by atoms with Crippen LogP contribution < -0.4 is 0 Å². The summed E-state index contributed by atoms with van der Waals surface area (Å²) in [4.78, 5) is 4.20. The fraction of sp³-hybridized carbons (Fsp3) is 0. The molecular weight excluding hydrogens is 226 g/mol. The third-order valence-electron chi connectivity index (χ3n) is 3.00. The van der Waals surface area contributed by atoms with Gasteiger partial charge < -0.3 is 4.42 Å². The van der Waals surface area contributed by atoms with Gasteiger partial charge in [-0.15, -0.1) is 0 Å². The second-order valence-corrected chi connectivity index (χ2v) is 4.12. The largest absolute Gasteiger partial charge is 0.454 e. The average molecular weight is 235 g/mol. The van der Waals surface area contributed by atoms with E-state index in [2.05, 4.69) is 15.2 Å². The van der Waals surface area contributed by atoms with Gasteiger partial charge in [-0.2, -0.15) is 5.10 Å². The van der Waals surface area contributed by atoms with Crippen LogP contribution in [0, 0.1) is 0 Å². The maximum Gasteiger partial charge on any atom is 0.181 e. The van der Waals surface area contributed by atoms with Gasteiger partial charge in [0.05, 0.1) is 0 Å². The lowest BCUT2D eigenvalue weighted by Crippen LogP contribution is -1.74. The van der Waals surface area contributed by atoms with E-state index in [1.165, 1.54) is 0 Å². The van der Waals surface area contributed by atoms with Gasteiger partial charge in [0.1, 0.15) is 11.3 Å². The van der Waals surface area contributed by atoms with Gasteiger partial charge in [0.2, 0.25) is 0 Å². The Hall–Kier alpha value is -2.62. The van der Waals surface area contributed by atoms with Crippen molar-refractivity contribution in [2.45, 2.75) is 0 Å². The van der Waals surface area contributed by atoms with Crippen LogP contribution in [-0.2, 0) is 0 Å². The third-order valence-corrected chi connectivity index (χ3v) is 3.00. The highest BCUT2D eigenvalue weighted by Gasteiger charge is 2.12. The van der Waals surface area contributed by atoms with Gasteiger partial charge in [0, 0.05) is 17.0 Å². The molecule has 0 radical (unpaired) electrons. The molecule has 4 aromatic rings. The molecule has 0 unspecified atom stereocenters. The SMILES string of the molecule is c1ccc2oc(-c3[nH]nc4ncccc34)cc2c1. The molecule has 4 rings (SSSR count). The lowest BCUT2D eigenvalue weighted by atomic mass is 10.2. The van der Waals surface area contributed by atoms with E-state index in [9.17, 15) is 0 Å². The van der Waals surface area contributed by atoms with Crippen molar-refractivity contribution in [3.63, 3.8) is 0 Å². The Bertz CT molecular complexity index is 811. The molecule has 4 nitrogen and oxygen atoms in total. The summed E-state index contributed by atoms with van der Waals surface area (Å²) in [7, 11) is 0. The van der Waals surface area contributed by atoms with Gasteiger partial charge in [-0.25, -0.2) is 4.98 Å². The van der Waals surface area contributed by atoms with Crippen molar-refractivity contribution in [3.8, 4) is 11.5 Å². The van der Waals surface area contributed by atoms with Crippen molar-refractivity contribution in [2.24, 2.45) is 0 Å². The summed E-state index contributed by atoms with van der Waals surface area (Å²) in [5.74, 6) is 0.784. The van der Waals surface area contributed by atoms with Crippen LogP contribution >= 0.6 is 0 Å². The molecule has 0 saturated heterocycles. The standard InChI is InChI=1S/C14H9N3O/c1-2-6-11-9(4-1)8-12(18-11)13-10-5-3-7-15-14(10)17-16-13/h1-8H,(H,15,16,17). The van der Waals surface area contributed by atoms with E-state index < -0.39 is 0 Å². The lowest BCUT2D eigenvalue weighted by Gasteiger charge is -1.91. The molecule has 3 heterocycles. The predicted molar refractivity (Wildman–Crippen MR) is 69.1 cm³/mol. The first-order valence-electron chi connectivity index (χ1n) is 5.70. The van der Waals surface area contributed by atoms with E-state index >= 15 is 0 Å². The highest BCUT2D eigenvalue weighted by molar-refractivity contribution is 5.92. The Morgan fingerprint density at radius 2 is 2.00 bits per heavy atom. The number of para-hydroxylation sites is 1. The molecule has 18 heavy (non-hydrogen) atoms. The minimum Gasteiger partial charge on any atom is -0.454 e. The van der Waals surface area contributed by atoms with Gasteiger partial charge in [-0.3, -0.25) is 5.10 Å². The number of rotatable bonds is 1. The molecule has 0 spiro atoms. The van der Waals surface area contributed by atoms with Gasteiger partial charge >= 0.3 is 0 Å². The summed E-state index contributed by atoms with van der Waals surface area (Å²) < 4.78 is 5.82. The molecule has 0 aliphatic rings. The molecule has 0 fully saturated rings. The van der Waals surface area contributed by atoms with Crippen molar-refractivity contribution < 1.29 is 4.42 Å². The van der Waals surface area contributed by atoms with E-state index in [4.69, 9.17) is 4.42 Å². The summed E-state index contributed by atoms with van der Waals surface area (Å²) >= 11 is 0. The minimum atomic E-state index is 0.702. The first kappa shape index (κ1) is 9.41. The topological polar surface area (TPSA) is 54.7 Å². The predicted octanol–water partition coefficient (Wildman–Crippen LogP) is 3.37. The molecule has 1 aromatic carbocycles. The number of benzene rings is 1. The molecule has 0 amide bonds. The highest BCUT2D eigenvalue weighted by atomic mass is 16.3. The van der Waals surface area contributed by atoms with Crippen molar-refractivity contribution in [1.29, 1.82) is 0 Å². The third kappa shape index (κ3) is 1.26. The number of H-pyrrole nitrogens is 1. The van der Waals surface area contributed by atoms with E-state index in [0.717, 1.165) is 27.8 Å². The van der Waals surface area contributed by atoms with Crippen molar-refractivity contribution in [1.82, 2.24) is 15.2 Å².